The Morgan fingerprint density at radius 3 is 2.83 bits per heavy atom. The Morgan fingerprint density at radius 1 is 1.58 bits per heavy atom. The number of nitriles is 1. The molecule has 0 saturated carbocycles. The van der Waals surface area contributed by atoms with E-state index in [9.17, 15) is 4.79 Å². The van der Waals surface area contributed by atoms with Gasteiger partial charge in [-0.2, -0.15) is 5.26 Å². The number of hydrogen-bond acceptors (Lipinski definition) is 4. The van der Waals surface area contributed by atoms with E-state index in [1.165, 1.54) is 12.4 Å². The van der Waals surface area contributed by atoms with Gasteiger partial charge in [0, 0.05) is 6.20 Å². The third-order valence-corrected chi connectivity index (χ3v) is 1.31. The first-order valence-corrected chi connectivity index (χ1v) is 3.43. The van der Waals surface area contributed by atoms with E-state index in [2.05, 4.69) is 9.97 Å². The van der Waals surface area contributed by atoms with E-state index in [4.69, 9.17) is 5.26 Å². The first-order valence-electron chi connectivity index (χ1n) is 3.43. The van der Waals surface area contributed by atoms with Gasteiger partial charge in [0.1, 0.15) is 12.1 Å². The highest BCUT2D eigenvalue weighted by Gasteiger charge is 2.05. The Bertz CT molecular complexity index is 323. The number of carbonyl (C=O) groups is 1. The second-order valence-electron chi connectivity index (χ2n) is 2.30. The van der Waals surface area contributed by atoms with Crippen LogP contribution in [0.1, 0.15) is 22.6 Å². The summed E-state index contributed by atoms with van der Waals surface area (Å²) in [5.74, 6) is -0.287. The number of Topliss-reactive ketones (excluding diaryl/α,β-unsaturated/α-hetero) is 1. The molecule has 0 aliphatic carbocycles. The van der Waals surface area contributed by atoms with E-state index < -0.39 is 0 Å². The lowest BCUT2D eigenvalue weighted by molar-refractivity contribution is 0.0992. The van der Waals surface area contributed by atoms with E-state index in [0.29, 0.717) is 0 Å². The minimum Gasteiger partial charge on any atom is -0.291 e. The highest BCUT2D eigenvalue weighted by molar-refractivity contribution is 5.95. The Balaban J connectivity index is 2.84. The molecule has 60 valence electrons. The molecule has 0 atom stereocenters. The molecule has 0 aliphatic rings. The zero-order valence-corrected chi connectivity index (χ0v) is 6.61. The lowest BCUT2D eigenvalue weighted by atomic mass is 10.2. The minimum atomic E-state index is -0.287. The van der Waals surface area contributed by atoms with Crippen molar-refractivity contribution in [2.45, 2.75) is 13.3 Å². The Morgan fingerprint density at radius 2 is 2.33 bits per heavy atom. The molecule has 1 rings (SSSR count). The Kier molecular flexibility index (Phi) is 2.49. The van der Waals surface area contributed by atoms with Gasteiger partial charge in [-0.05, 0) is 6.92 Å². The van der Waals surface area contributed by atoms with Crippen LogP contribution in [0.25, 0.3) is 0 Å². The molecule has 0 radical (unpaired) electrons. The van der Waals surface area contributed by atoms with E-state index in [1.807, 2.05) is 0 Å². The molecule has 0 spiro atoms. The zero-order chi connectivity index (χ0) is 8.97. The molecule has 0 fully saturated rings. The topological polar surface area (TPSA) is 66.6 Å². The van der Waals surface area contributed by atoms with Gasteiger partial charge in [-0.15, -0.1) is 0 Å². The molecule has 1 aromatic rings. The van der Waals surface area contributed by atoms with E-state index in [0.717, 1.165) is 5.69 Å². The summed E-state index contributed by atoms with van der Waals surface area (Å²) in [6.07, 6.45) is 2.75. The molecule has 4 nitrogen and oxygen atoms in total. The van der Waals surface area contributed by atoms with E-state index in [1.54, 1.807) is 13.0 Å². The quantitative estimate of drug-likeness (QED) is 0.604. The van der Waals surface area contributed by atoms with Crippen LogP contribution in [0.2, 0.25) is 0 Å². The average molecular weight is 161 g/mol. The smallest absolute Gasteiger partial charge is 0.196 e. The number of hydrogen-bond donors (Lipinski definition) is 0. The predicted octanol–water partition coefficient (Wildman–Crippen LogP) is 0.881. The van der Waals surface area contributed by atoms with Crippen molar-refractivity contribution in [1.29, 1.82) is 5.26 Å². The van der Waals surface area contributed by atoms with Crippen molar-refractivity contribution in [3.8, 4) is 6.07 Å². The number of rotatable bonds is 2. The monoisotopic (exact) mass is 161 g/mol. The SMILES string of the molecule is Cc1cnc(C(=O)CC#N)cn1. The summed E-state index contributed by atoms with van der Waals surface area (Å²) in [5, 5.41) is 8.23. The highest BCUT2D eigenvalue weighted by atomic mass is 16.1. The second-order valence-corrected chi connectivity index (χ2v) is 2.30. The molecule has 0 N–H and O–H groups in total. The number of aryl methyl sites for hydroxylation is 1. The van der Waals surface area contributed by atoms with E-state index >= 15 is 0 Å². The van der Waals surface area contributed by atoms with Gasteiger partial charge in [0.15, 0.2) is 5.78 Å². The van der Waals surface area contributed by atoms with Gasteiger partial charge < -0.3 is 0 Å². The van der Waals surface area contributed by atoms with Crippen LogP contribution in [0.5, 0.6) is 0 Å². The highest BCUT2D eigenvalue weighted by Crippen LogP contribution is 1.97. The van der Waals surface area contributed by atoms with Gasteiger partial charge in [0.05, 0.1) is 18.0 Å². The largest absolute Gasteiger partial charge is 0.291 e. The molecule has 0 aliphatic heterocycles. The second kappa shape index (κ2) is 3.58. The summed E-state index contributed by atoms with van der Waals surface area (Å²) in [7, 11) is 0. The van der Waals surface area contributed by atoms with Gasteiger partial charge in [0.25, 0.3) is 0 Å². The number of ketones is 1. The fourth-order valence-electron chi connectivity index (χ4n) is 0.699. The fraction of sp³-hybridized carbons (Fsp3) is 0.250. The summed E-state index contributed by atoms with van der Waals surface area (Å²) >= 11 is 0. The van der Waals surface area contributed by atoms with Crippen LogP contribution in [0.4, 0.5) is 0 Å². The third kappa shape index (κ3) is 1.86. The van der Waals surface area contributed by atoms with Crippen LogP contribution in [0, 0.1) is 18.3 Å². The first kappa shape index (κ1) is 8.34. The number of nitrogens with zero attached hydrogens (tertiary/aromatic N) is 3. The molecule has 0 bridgehead atoms. The van der Waals surface area contributed by atoms with Crippen LogP contribution in [0.15, 0.2) is 12.4 Å². The number of aromatic nitrogens is 2. The van der Waals surface area contributed by atoms with Crippen LogP contribution in [-0.4, -0.2) is 15.8 Å². The molecular formula is C8H7N3O. The normalized spacial score (nSPS) is 9.00. The molecular weight excluding hydrogens is 154 g/mol. The molecule has 12 heavy (non-hydrogen) atoms. The molecule has 0 amide bonds. The molecule has 4 heteroatoms. The van der Waals surface area contributed by atoms with E-state index in [-0.39, 0.29) is 17.9 Å². The van der Waals surface area contributed by atoms with Gasteiger partial charge in [-0.1, -0.05) is 0 Å². The Hall–Kier alpha value is -1.76. The average Bonchev–Trinajstić information content (AvgIpc) is 2.06. The molecule has 0 unspecified atom stereocenters. The molecule has 0 saturated heterocycles. The van der Waals surface area contributed by atoms with Crippen molar-refractivity contribution < 1.29 is 4.79 Å². The van der Waals surface area contributed by atoms with Crippen LogP contribution in [0.3, 0.4) is 0 Å². The van der Waals surface area contributed by atoms with Gasteiger partial charge in [-0.3, -0.25) is 9.78 Å². The van der Waals surface area contributed by atoms with Crippen molar-refractivity contribution in [2.24, 2.45) is 0 Å². The van der Waals surface area contributed by atoms with Gasteiger partial charge in [-0.25, -0.2) is 4.98 Å². The summed E-state index contributed by atoms with van der Waals surface area (Å²) in [6.45, 7) is 1.78. The maximum absolute atomic E-state index is 11.0. The van der Waals surface area contributed by atoms with Crippen LogP contribution < -0.4 is 0 Å². The summed E-state index contributed by atoms with van der Waals surface area (Å²) in [5.41, 5.74) is 1.01. The maximum Gasteiger partial charge on any atom is 0.196 e. The minimum absolute atomic E-state index is 0.141. The predicted molar refractivity (Wildman–Crippen MR) is 41.3 cm³/mol. The molecule has 1 heterocycles. The number of carbonyl (C=O) groups excluding carboxylic acids is 1. The lowest BCUT2D eigenvalue weighted by Crippen LogP contribution is -2.01. The molecule has 1 aromatic heterocycles. The summed E-state index contributed by atoms with van der Waals surface area (Å²) < 4.78 is 0. The zero-order valence-electron chi connectivity index (χ0n) is 6.61. The van der Waals surface area contributed by atoms with Gasteiger partial charge >= 0.3 is 0 Å². The van der Waals surface area contributed by atoms with Crippen LogP contribution in [-0.2, 0) is 0 Å². The fourth-order valence-corrected chi connectivity index (χ4v) is 0.699. The maximum atomic E-state index is 11.0. The van der Waals surface area contributed by atoms with Crippen LogP contribution >= 0.6 is 0 Å². The Labute approximate surface area is 69.9 Å². The summed E-state index contributed by atoms with van der Waals surface area (Å²) in [4.78, 5) is 18.8. The van der Waals surface area contributed by atoms with Crippen molar-refractivity contribution in [3.05, 3.63) is 23.8 Å². The van der Waals surface area contributed by atoms with Crippen molar-refractivity contribution >= 4 is 5.78 Å². The van der Waals surface area contributed by atoms with Crippen molar-refractivity contribution in [2.75, 3.05) is 0 Å². The lowest BCUT2D eigenvalue weighted by Gasteiger charge is -1.94. The van der Waals surface area contributed by atoms with Crippen molar-refractivity contribution in [1.82, 2.24) is 9.97 Å². The molecule has 0 aromatic carbocycles. The van der Waals surface area contributed by atoms with Gasteiger partial charge in [0.2, 0.25) is 0 Å². The standard InChI is InChI=1S/C8H7N3O/c1-6-4-11-7(5-10-6)8(12)2-3-9/h4-5H,2H2,1H3. The third-order valence-electron chi connectivity index (χ3n) is 1.31. The summed E-state index contributed by atoms with van der Waals surface area (Å²) in [6, 6.07) is 1.76. The van der Waals surface area contributed by atoms with Crippen molar-refractivity contribution in [3.63, 3.8) is 0 Å². The first-order chi connectivity index (χ1) is 5.74.